The van der Waals surface area contributed by atoms with Gasteiger partial charge in [0.15, 0.2) is 0 Å². The van der Waals surface area contributed by atoms with Crippen molar-refractivity contribution in [2.45, 2.75) is 13.0 Å². The average Bonchev–Trinajstić information content (AvgIpc) is 2.75. The zero-order chi connectivity index (χ0) is 19.8. The van der Waals surface area contributed by atoms with Gasteiger partial charge in [0, 0.05) is 51.3 Å². The maximum atomic E-state index is 12.4. The van der Waals surface area contributed by atoms with E-state index in [4.69, 9.17) is 4.74 Å². The van der Waals surface area contributed by atoms with E-state index in [0.29, 0.717) is 18.5 Å². The molecule has 0 aliphatic carbocycles. The van der Waals surface area contributed by atoms with Gasteiger partial charge < -0.3 is 15.0 Å². The van der Waals surface area contributed by atoms with Gasteiger partial charge in [0.2, 0.25) is 5.91 Å². The van der Waals surface area contributed by atoms with Crippen molar-refractivity contribution in [2.75, 3.05) is 39.8 Å². The monoisotopic (exact) mass is 381 g/mol. The van der Waals surface area contributed by atoms with Gasteiger partial charge in [-0.1, -0.05) is 30.3 Å². The number of nitrogens with zero attached hydrogens (tertiary/aromatic N) is 2. The molecule has 1 aliphatic rings. The van der Waals surface area contributed by atoms with Crippen LogP contribution in [0.5, 0.6) is 5.75 Å². The molecule has 0 atom stereocenters. The molecule has 6 nitrogen and oxygen atoms in total. The lowest BCUT2D eigenvalue weighted by atomic mass is 10.2. The van der Waals surface area contributed by atoms with E-state index in [0.717, 1.165) is 38.5 Å². The summed E-state index contributed by atoms with van der Waals surface area (Å²) in [5.41, 5.74) is 1.85. The molecule has 1 aliphatic heterocycles. The van der Waals surface area contributed by atoms with Crippen LogP contribution in [0.15, 0.2) is 54.6 Å². The van der Waals surface area contributed by atoms with Crippen molar-refractivity contribution < 1.29 is 14.3 Å². The SMILES string of the molecule is COc1ccc(CN2CCN(C(=O)CCNC(=O)c3ccccc3)CC2)cc1. The van der Waals surface area contributed by atoms with Crippen LogP contribution in [0.2, 0.25) is 0 Å². The summed E-state index contributed by atoms with van der Waals surface area (Å²) in [4.78, 5) is 28.6. The Kier molecular flexibility index (Phi) is 7.03. The molecule has 6 heteroatoms. The molecule has 2 aromatic carbocycles. The van der Waals surface area contributed by atoms with Crippen molar-refractivity contribution in [3.63, 3.8) is 0 Å². The van der Waals surface area contributed by atoms with Gasteiger partial charge in [0.05, 0.1) is 7.11 Å². The minimum atomic E-state index is -0.141. The van der Waals surface area contributed by atoms with Crippen LogP contribution in [-0.2, 0) is 11.3 Å². The van der Waals surface area contributed by atoms with Gasteiger partial charge in [-0.15, -0.1) is 0 Å². The van der Waals surface area contributed by atoms with Gasteiger partial charge in [0.25, 0.3) is 5.91 Å². The summed E-state index contributed by atoms with van der Waals surface area (Å²) in [7, 11) is 1.67. The Hall–Kier alpha value is -2.86. The highest BCUT2D eigenvalue weighted by molar-refractivity contribution is 5.94. The average molecular weight is 381 g/mol. The van der Waals surface area contributed by atoms with E-state index in [-0.39, 0.29) is 11.8 Å². The summed E-state index contributed by atoms with van der Waals surface area (Å²) in [6.45, 7) is 4.39. The summed E-state index contributed by atoms with van der Waals surface area (Å²) in [5, 5.41) is 2.81. The zero-order valence-electron chi connectivity index (χ0n) is 16.3. The Morgan fingerprint density at radius 3 is 2.29 bits per heavy atom. The smallest absolute Gasteiger partial charge is 0.251 e. The van der Waals surface area contributed by atoms with E-state index >= 15 is 0 Å². The molecule has 0 radical (unpaired) electrons. The van der Waals surface area contributed by atoms with Crippen LogP contribution in [0.1, 0.15) is 22.3 Å². The largest absolute Gasteiger partial charge is 0.497 e. The maximum Gasteiger partial charge on any atom is 0.251 e. The van der Waals surface area contributed by atoms with Gasteiger partial charge in [-0.2, -0.15) is 0 Å². The molecule has 0 saturated carbocycles. The third kappa shape index (κ3) is 5.57. The van der Waals surface area contributed by atoms with E-state index in [1.165, 1.54) is 5.56 Å². The molecule has 0 aromatic heterocycles. The third-order valence-electron chi connectivity index (χ3n) is 4.95. The Balaban J connectivity index is 1.37. The van der Waals surface area contributed by atoms with Crippen LogP contribution in [0.4, 0.5) is 0 Å². The highest BCUT2D eigenvalue weighted by atomic mass is 16.5. The Morgan fingerprint density at radius 1 is 0.964 bits per heavy atom. The number of carbonyl (C=O) groups is 2. The second kappa shape index (κ2) is 9.90. The molecule has 1 saturated heterocycles. The molecule has 28 heavy (non-hydrogen) atoms. The predicted molar refractivity (Wildman–Crippen MR) is 108 cm³/mol. The minimum absolute atomic E-state index is 0.0949. The van der Waals surface area contributed by atoms with Crippen molar-refractivity contribution in [2.24, 2.45) is 0 Å². The molecule has 0 spiro atoms. The van der Waals surface area contributed by atoms with Gasteiger partial charge in [-0.25, -0.2) is 0 Å². The first-order valence-electron chi connectivity index (χ1n) is 9.62. The summed E-state index contributed by atoms with van der Waals surface area (Å²) in [5.74, 6) is 0.814. The number of hydrogen-bond acceptors (Lipinski definition) is 4. The maximum absolute atomic E-state index is 12.4. The lowest BCUT2D eigenvalue weighted by Gasteiger charge is -2.34. The van der Waals surface area contributed by atoms with Crippen LogP contribution in [0.3, 0.4) is 0 Å². The highest BCUT2D eigenvalue weighted by Crippen LogP contribution is 2.14. The molecular formula is C22H27N3O3. The van der Waals surface area contributed by atoms with Gasteiger partial charge in [-0.3, -0.25) is 14.5 Å². The van der Waals surface area contributed by atoms with Crippen LogP contribution in [0.25, 0.3) is 0 Å². The van der Waals surface area contributed by atoms with Crippen LogP contribution >= 0.6 is 0 Å². The van der Waals surface area contributed by atoms with Crippen molar-refractivity contribution in [3.05, 3.63) is 65.7 Å². The highest BCUT2D eigenvalue weighted by Gasteiger charge is 2.21. The third-order valence-corrected chi connectivity index (χ3v) is 4.95. The number of ether oxygens (including phenoxy) is 1. The van der Waals surface area contributed by atoms with Gasteiger partial charge in [-0.05, 0) is 29.8 Å². The van der Waals surface area contributed by atoms with Crippen LogP contribution in [0, 0.1) is 0 Å². The fraction of sp³-hybridized carbons (Fsp3) is 0.364. The molecule has 0 bridgehead atoms. The number of benzene rings is 2. The van der Waals surface area contributed by atoms with E-state index in [9.17, 15) is 9.59 Å². The van der Waals surface area contributed by atoms with Crippen molar-refractivity contribution in [1.29, 1.82) is 0 Å². The standard InChI is InChI=1S/C22H27N3O3/c1-28-20-9-7-18(8-10-20)17-24-13-15-25(16-14-24)21(26)11-12-23-22(27)19-5-3-2-4-6-19/h2-10H,11-17H2,1H3,(H,23,27). The number of methoxy groups -OCH3 is 1. The topological polar surface area (TPSA) is 61.9 Å². The van der Waals surface area contributed by atoms with E-state index in [1.54, 1.807) is 19.2 Å². The molecule has 2 aromatic rings. The van der Waals surface area contributed by atoms with Crippen molar-refractivity contribution in [3.8, 4) is 5.75 Å². The lowest BCUT2D eigenvalue weighted by Crippen LogP contribution is -2.48. The number of hydrogen-bond donors (Lipinski definition) is 1. The quantitative estimate of drug-likeness (QED) is 0.798. The van der Waals surface area contributed by atoms with Gasteiger partial charge in [0.1, 0.15) is 5.75 Å². The Morgan fingerprint density at radius 2 is 1.64 bits per heavy atom. The Bertz CT molecular complexity index is 769. The molecule has 1 heterocycles. The minimum Gasteiger partial charge on any atom is -0.497 e. The first-order valence-corrected chi connectivity index (χ1v) is 9.62. The summed E-state index contributed by atoms with van der Waals surface area (Å²) < 4.78 is 5.19. The second-order valence-corrected chi connectivity index (χ2v) is 6.88. The molecule has 2 amide bonds. The van der Waals surface area contributed by atoms with Crippen LogP contribution in [-0.4, -0.2) is 61.4 Å². The predicted octanol–water partition coefficient (Wildman–Crippen LogP) is 2.16. The van der Waals surface area contributed by atoms with E-state index in [1.807, 2.05) is 35.2 Å². The summed E-state index contributed by atoms with van der Waals surface area (Å²) in [6, 6.07) is 17.1. The lowest BCUT2D eigenvalue weighted by molar-refractivity contribution is -0.132. The van der Waals surface area contributed by atoms with Crippen molar-refractivity contribution >= 4 is 11.8 Å². The summed E-state index contributed by atoms with van der Waals surface area (Å²) in [6.07, 6.45) is 0.330. The number of rotatable bonds is 7. The number of piperazine rings is 1. The fourth-order valence-electron chi connectivity index (χ4n) is 3.28. The number of amides is 2. The summed E-state index contributed by atoms with van der Waals surface area (Å²) >= 11 is 0. The molecular weight excluding hydrogens is 354 g/mol. The van der Waals surface area contributed by atoms with E-state index < -0.39 is 0 Å². The molecule has 0 unspecified atom stereocenters. The first kappa shape index (κ1) is 19.9. The van der Waals surface area contributed by atoms with Crippen molar-refractivity contribution in [1.82, 2.24) is 15.1 Å². The Labute approximate surface area is 166 Å². The second-order valence-electron chi connectivity index (χ2n) is 6.88. The van der Waals surface area contributed by atoms with Gasteiger partial charge >= 0.3 is 0 Å². The number of nitrogens with one attached hydrogen (secondary N) is 1. The molecule has 3 rings (SSSR count). The normalized spacial score (nSPS) is 14.5. The van der Waals surface area contributed by atoms with E-state index in [2.05, 4.69) is 22.3 Å². The molecule has 1 fully saturated rings. The molecule has 1 N–H and O–H groups in total. The zero-order valence-corrected chi connectivity index (χ0v) is 16.3. The first-order chi connectivity index (χ1) is 13.7. The fourth-order valence-corrected chi connectivity index (χ4v) is 3.28. The number of carbonyl (C=O) groups excluding carboxylic acids is 2. The van der Waals surface area contributed by atoms with Crippen LogP contribution < -0.4 is 10.1 Å². The molecule has 148 valence electrons.